The molecule has 0 radical (unpaired) electrons. The van der Waals surface area contributed by atoms with E-state index in [4.69, 9.17) is 5.73 Å². The van der Waals surface area contributed by atoms with Crippen LogP contribution in [0.15, 0.2) is 22.8 Å². The maximum Gasteiger partial charge on any atom is 0.224 e. The fourth-order valence-corrected chi connectivity index (χ4v) is 3.00. The van der Waals surface area contributed by atoms with Gasteiger partial charge in [0.25, 0.3) is 0 Å². The molecule has 0 fully saturated rings. The molecule has 0 spiro atoms. The average molecular weight is 321 g/mol. The predicted molar refractivity (Wildman–Crippen MR) is 77.7 cm³/mol. The Balaban J connectivity index is 2.10. The minimum absolute atomic E-state index is 0.0752. The summed E-state index contributed by atoms with van der Waals surface area (Å²) in [5.74, 6) is 0.541. The third kappa shape index (κ3) is 2.02. The number of amides is 1. The minimum atomic E-state index is 0.0752. The van der Waals surface area contributed by atoms with Gasteiger partial charge in [0.15, 0.2) is 0 Å². The predicted octanol–water partition coefficient (Wildman–Crippen LogP) is 2.32. The molecule has 0 unspecified atom stereocenters. The Bertz CT molecular complexity index is 678. The van der Waals surface area contributed by atoms with Crippen LogP contribution in [0.2, 0.25) is 0 Å². The molecule has 0 saturated heterocycles. The molecule has 1 aromatic carbocycles. The van der Waals surface area contributed by atoms with Crippen LogP contribution in [0.4, 0.5) is 11.6 Å². The normalized spacial score (nSPS) is 14.1. The lowest BCUT2D eigenvalue weighted by Crippen LogP contribution is -2.18. The number of carbonyl (C=O) groups excluding carboxylic acids is 1. The zero-order valence-corrected chi connectivity index (χ0v) is 12.0. The molecule has 19 heavy (non-hydrogen) atoms. The van der Waals surface area contributed by atoms with E-state index in [9.17, 15) is 4.79 Å². The fraction of sp³-hybridized carbons (Fsp3) is 0.231. The van der Waals surface area contributed by atoms with Crippen LogP contribution in [-0.4, -0.2) is 15.5 Å². The molecule has 5 nitrogen and oxygen atoms in total. The molecule has 6 heteroatoms. The van der Waals surface area contributed by atoms with Crippen LogP contribution < -0.4 is 11.1 Å². The van der Waals surface area contributed by atoms with E-state index in [1.165, 1.54) is 0 Å². The lowest BCUT2D eigenvalue weighted by atomic mass is 9.99. The molecule has 1 aromatic heterocycles. The molecule has 0 bridgehead atoms. The van der Waals surface area contributed by atoms with Gasteiger partial charge in [-0.15, -0.1) is 0 Å². The number of hydrogen-bond donors (Lipinski definition) is 2. The van der Waals surface area contributed by atoms with Gasteiger partial charge in [-0.3, -0.25) is 4.79 Å². The number of aryl methyl sites for hydroxylation is 1. The Kier molecular flexibility index (Phi) is 2.82. The summed E-state index contributed by atoms with van der Waals surface area (Å²) in [6.45, 7) is 0. The van der Waals surface area contributed by atoms with Crippen molar-refractivity contribution < 1.29 is 4.79 Å². The van der Waals surface area contributed by atoms with Crippen molar-refractivity contribution in [1.29, 1.82) is 0 Å². The topological polar surface area (TPSA) is 72.9 Å². The van der Waals surface area contributed by atoms with E-state index in [0.717, 1.165) is 33.5 Å². The molecule has 3 rings (SSSR count). The first-order valence-electron chi connectivity index (χ1n) is 5.97. The van der Waals surface area contributed by atoms with Crippen molar-refractivity contribution >= 4 is 33.5 Å². The summed E-state index contributed by atoms with van der Waals surface area (Å²) in [5, 5.41) is 2.88. The highest BCUT2D eigenvalue weighted by atomic mass is 79.9. The van der Waals surface area contributed by atoms with Crippen LogP contribution in [0, 0.1) is 0 Å². The molecule has 3 N–H and O–H groups in total. The first-order valence-corrected chi connectivity index (χ1v) is 6.76. The van der Waals surface area contributed by atoms with Gasteiger partial charge in [-0.25, -0.2) is 4.98 Å². The first-order chi connectivity index (χ1) is 9.06. The molecule has 0 atom stereocenters. The minimum Gasteiger partial charge on any atom is -0.369 e. The smallest absolute Gasteiger partial charge is 0.224 e. The van der Waals surface area contributed by atoms with E-state index in [1.54, 1.807) is 0 Å². The second-order valence-electron chi connectivity index (χ2n) is 4.59. The zero-order valence-electron chi connectivity index (χ0n) is 10.4. The summed E-state index contributed by atoms with van der Waals surface area (Å²) >= 11 is 3.43. The average Bonchev–Trinajstić information content (AvgIpc) is 2.63. The SMILES string of the molecule is Cn1c(N)nc(Br)c1-c1ccc2c(c1)CCC(=O)N2. The van der Waals surface area contributed by atoms with Crippen molar-refractivity contribution in [2.75, 3.05) is 11.1 Å². The number of nitrogens with zero attached hydrogens (tertiary/aromatic N) is 2. The Morgan fingerprint density at radius 1 is 1.42 bits per heavy atom. The largest absolute Gasteiger partial charge is 0.369 e. The molecule has 1 amide bonds. The van der Waals surface area contributed by atoms with E-state index in [2.05, 4.69) is 32.3 Å². The molecule has 1 aliphatic heterocycles. The lowest BCUT2D eigenvalue weighted by Gasteiger charge is -2.17. The van der Waals surface area contributed by atoms with Crippen LogP contribution in [-0.2, 0) is 18.3 Å². The molecule has 0 saturated carbocycles. The number of nitrogens with one attached hydrogen (secondary N) is 1. The van der Waals surface area contributed by atoms with Crippen molar-refractivity contribution in [2.24, 2.45) is 7.05 Å². The molecular formula is C13H13BrN4O. The maximum atomic E-state index is 11.3. The summed E-state index contributed by atoms with van der Waals surface area (Å²) in [6, 6.07) is 5.97. The van der Waals surface area contributed by atoms with E-state index in [0.29, 0.717) is 12.4 Å². The van der Waals surface area contributed by atoms with Gasteiger partial charge in [0.1, 0.15) is 4.60 Å². The molecular weight excluding hydrogens is 308 g/mol. The second-order valence-corrected chi connectivity index (χ2v) is 5.34. The van der Waals surface area contributed by atoms with E-state index in [-0.39, 0.29) is 5.91 Å². The molecule has 2 heterocycles. The van der Waals surface area contributed by atoms with Gasteiger partial charge in [-0.2, -0.15) is 0 Å². The summed E-state index contributed by atoms with van der Waals surface area (Å²) in [5.41, 5.74) is 9.81. The van der Waals surface area contributed by atoms with E-state index >= 15 is 0 Å². The summed E-state index contributed by atoms with van der Waals surface area (Å²) in [6.07, 6.45) is 1.30. The maximum absolute atomic E-state index is 11.3. The van der Waals surface area contributed by atoms with Crippen molar-refractivity contribution in [3.8, 4) is 11.3 Å². The third-order valence-corrected chi connectivity index (χ3v) is 3.91. The second kappa shape index (κ2) is 4.38. The highest BCUT2D eigenvalue weighted by Crippen LogP contribution is 2.33. The molecule has 2 aromatic rings. The molecule has 98 valence electrons. The molecule has 0 aliphatic carbocycles. The number of anilines is 2. The van der Waals surface area contributed by atoms with E-state index in [1.807, 2.05) is 23.7 Å². The number of nitrogen functional groups attached to an aromatic ring is 1. The highest BCUT2D eigenvalue weighted by molar-refractivity contribution is 9.10. The van der Waals surface area contributed by atoms with Gasteiger partial charge in [0.2, 0.25) is 11.9 Å². The number of hydrogen-bond acceptors (Lipinski definition) is 3. The van der Waals surface area contributed by atoms with Crippen LogP contribution in [0.5, 0.6) is 0 Å². The molecule has 1 aliphatic rings. The zero-order chi connectivity index (χ0) is 13.6. The Hall–Kier alpha value is -1.82. The fourth-order valence-electron chi connectivity index (χ4n) is 2.32. The number of fused-ring (bicyclic) bond motifs is 1. The number of imidazole rings is 1. The van der Waals surface area contributed by atoms with Crippen LogP contribution in [0.3, 0.4) is 0 Å². The quantitative estimate of drug-likeness (QED) is 0.846. The number of benzene rings is 1. The Morgan fingerprint density at radius 2 is 2.21 bits per heavy atom. The monoisotopic (exact) mass is 320 g/mol. The number of aromatic nitrogens is 2. The van der Waals surface area contributed by atoms with Crippen LogP contribution >= 0.6 is 15.9 Å². The van der Waals surface area contributed by atoms with E-state index < -0.39 is 0 Å². The highest BCUT2D eigenvalue weighted by Gasteiger charge is 2.18. The van der Waals surface area contributed by atoms with Crippen LogP contribution in [0.25, 0.3) is 11.3 Å². The Labute approximate surface area is 119 Å². The number of nitrogens with two attached hydrogens (primary N) is 1. The summed E-state index contributed by atoms with van der Waals surface area (Å²) < 4.78 is 2.57. The van der Waals surface area contributed by atoms with Gasteiger partial charge >= 0.3 is 0 Å². The van der Waals surface area contributed by atoms with Gasteiger partial charge in [0.05, 0.1) is 5.69 Å². The lowest BCUT2D eigenvalue weighted by molar-refractivity contribution is -0.116. The first kappa shape index (κ1) is 12.2. The number of rotatable bonds is 1. The number of halogens is 1. The Morgan fingerprint density at radius 3 is 2.89 bits per heavy atom. The van der Waals surface area contributed by atoms with Gasteiger partial charge < -0.3 is 15.6 Å². The van der Waals surface area contributed by atoms with Crippen molar-refractivity contribution in [2.45, 2.75) is 12.8 Å². The summed E-state index contributed by atoms with van der Waals surface area (Å²) in [7, 11) is 1.88. The third-order valence-electron chi connectivity index (χ3n) is 3.36. The van der Waals surface area contributed by atoms with Gasteiger partial charge in [0, 0.05) is 24.7 Å². The van der Waals surface area contributed by atoms with Crippen molar-refractivity contribution in [3.05, 3.63) is 28.4 Å². The van der Waals surface area contributed by atoms with Gasteiger partial charge in [-0.1, -0.05) is 6.07 Å². The van der Waals surface area contributed by atoms with Crippen molar-refractivity contribution in [1.82, 2.24) is 9.55 Å². The summed E-state index contributed by atoms with van der Waals surface area (Å²) in [4.78, 5) is 15.5. The van der Waals surface area contributed by atoms with Crippen molar-refractivity contribution in [3.63, 3.8) is 0 Å². The van der Waals surface area contributed by atoms with Gasteiger partial charge in [-0.05, 0) is 40.0 Å². The van der Waals surface area contributed by atoms with Crippen LogP contribution in [0.1, 0.15) is 12.0 Å². The number of carbonyl (C=O) groups is 1. The standard InChI is InChI=1S/C13H13BrN4O/c1-18-11(12(14)17-13(18)15)8-2-4-9-7(6-8)3-5-10(19)16-9/h2,4,6H,3,5H2,1H3,(H2,15,17)(H,16,19).